The molecule has 3 aromatic carbocycles. The smallest absolute Gasteiger partial charge is 0.337 e. The van der Waals surface area contributed by atoms with E-state index in [9.17, 15) is 18.6 Å². The number of ether oxygens (including phenoxy) is 1. The van der Waals surface area contributed by atoms with Gasteiger partial charge in [-0.25, -0.2) is 18.0 Å². The standard InChI is InChI=1S/C31H28FN3O6S/c1-18-6-13-23(14-7-18)42(39)41-27-20(3)29(36)33(4)28-26(27)30(37)34(17-21-9-11-22(40-5)12-10-21)31(38)35(28)25-15-8-19(2)16-24(25)32/h6-16H,17H2,1-5H3. The summed E-state index contributed by atoms with van der Waals surface area (Å²) in [6, 6.07) is 17.8. The summed E-state index contributed by atoms with van der Waals surface area (Å²) in [6.07, 6.45) is 0. The Morgan fingerprint density at radius 2 is 1.50 bits per heavy atom. The molecule has 0 aliphatic rings. The van der Waals surface area contributed by atoms with Gasteiger partial charge in [0.25, 0.3) is 11.1 Å². The molecule has 216 valence electrons. The first-order valence-corrected chi connectivity index (χ1v) is 14.0. The van der Waals surface area contributed by atoms with Crippen LogP contribution >= 0.6 is 0 Å². The molecule has 0 aliphatic heterocycles. The molecular formula is C31H28FN3O6S. The fraction of sp³-hybridized carbons (Fsp3) is 0.194. The zero-order chi connectivity index (χ0) is 30.3. The van der Waals surface area contributed by atoms with Crippen molar-refractivity contribution in [3.05, 3.63) is 126 Å². The second-order valence-corrected chi connectivity index (χ2v) is 11.1. The maximum absolute atomic E-state index is 15.4. The first-order valence-electron chi connectivity index (χ1n) is 13.0. The summed E-state index contributed by atoms with van der Waals surface area (Å²) in [5.74, 6) is -0.392. The lowest BCUT2D eigenvalue weighted by Crippen LogP contribution is -2.42. The zero-order valence-electron chi connectivity index (χ0n) is 23.6. The highest BCUT2D eigenvalue weighted by Gasteiger charge is 2.26. The van der Waals surface area contributed by atoms with E-state index in [-0.39, 0.29) is 34.6 Å². The normalized spacial score (nSPS) is 12.0. The number of rotatable bonds is 7. The number of pyridine rings is 1. The maximum atomic E-state index is 15.4. The highest BCUT2D eigenvalue weighted by molar-refractivity contribution is 7.80. The van der Waals surface area contributed by atoms with Gasteiger partial charge >= 0.3 is 5.69 Å². The van der Waals surface area contributed by atoms with E-state index in [4.69, 9.17) is 8.92 Å². The monoisotopic (exact) mass is 589 g/mol. The summed E-state index contributed by atoms with van der Waals surface area (Å²) >= 11 is -2.12. The Labute approximate surface area is 242 Å². The molecule has 0 spiro atoms. The van der Waals surface area contributed by atoms with Crippen LogP contribution < -0.4 is 25.7 Å². The molecule has 0 saturated heterocycles. The van der Waals surface area contributed by atoms with E-state index >= 15 is 4.39 Å². The minimum Gasteiger partial charge on any atom is -0.497 e. The highest BCUT2D eigenvalue weighted by atomic mass is 32.2. The molecule has 0 radical (unpaired) electrons. The van der Waals surface area contributed by atoms with Crippen molar-refractivity contribution in [3.63, 3.8) is 0 Å². The van der Waals surface area contributed by atoms with E-state index < -0.39 is 33.7 Å². The van der Waals surface area contributed by atoms with Gasteiger partial charge in [0.15, 0.2) is 5.75 Å². The van der Waals surface area contributed by atoms with E-state index in [0.717, 1.165) is 19.3 Å². The van der Waals surface area contributed by atoms with Crippen LogP contribution in [-0.2, 0) is 24.7 Å². The maximum Gasteiger partial charge on any atom is 0.337 e. The molecule has 0 bridgehead atoms. The second-order valence-electron chi connectivity index (χ2n) is 9.96. The molecule has 9 nitrogen and oxygen atoms in total. The van der Waals surface area contributed by atoms with Gasteiger partial charge in [-0.2, -0.15) is 0 Å². The summed E-state index contributed by atoms with van der Waals surface area (Å²) < 4.78 is 42.8. The van der Waals surface area contributed by atoms with Crippen LogP contribution in [0, 0.1) is 26.6 Å². The summed E-state index contributed by atoms with van der Waals surface area (Å²) in [4.78, 5) is 41.9. The molecule has 2 heterocycles. The second kappa shape index (κ2) is 11.2. The molecule has 42 heavy (non-hydrogen) atoms. The van der Waals surface area contributed by atoms with Crippen molar-refractivity contribution < 1.29 is 17.5 Å². The van der Waals surface area contributed by atoms with Crippen molar-refractivity contribution in [3.8, 4) is 17.2 Å². The number of fused-ring (bicyclic) bond motifs is 1. The van der Waals surface area contributed by atoms with Crippen molar-refractivity contribution in [1.82, 2.24) is 13.7 Å². The largest absolute Gasteiger partial charge is 0.497 e. The Hall–Kier alpha value is -4.77. The van der Waals surface area contributed by atoms with Crippen LogP contribution in [0.3, 0.4) is 0 Å². The summed E-state index contributed by atoms with van der Waals surface area (Å²) in [7, 11) is 2.90. The summed E-state index contributed by atoms with van der Waals surface area (Å²) in [6.45, 7) is 4.84. The van der Waals surface area contributed by atoms with E-state index in [2.05, 4.69) is 0 Å². The molecule has 1 atom stereocenters. The van der Waals surface area contributed by atoms with Gasteiger partial charge in [0.1, 0.15) is 22.6 Å². The molecular weight excluding hydrogens is 561 g/mol. The number of hydrogen-bond acceptors (Lipinski definition) is 6. The lowest BCUT2D eigenvalue weighted by molar-refractivity contribution is 0.414. The fourth-order valence-corrected chi connectivity index (χ4v) is 5.54. The molecule has 11 heteroatoms. The first kappa shape index (κ1) is 28.7. The molecule has 2 aromatic heterocycles. The first-order chi connectivity index (χ1) is 20.0. The van der Waals surface area contributed by atoms with Crippen LogP contribution in [0.15, 0.2) is 86.0 Å². The van der Waals surface area contributed by atoms with Crippen LogP contribution in [0.2, 0.25) is 0 Å². The number of methoxy groups -OCH3 is 1. The van der Waals surface area contributed by atoms with Crippen molar-refractivity contribution in [2.45, 2.75) is 32.2 Å². The number of hydrogen-bond donors (Lipinski definition) is 0. The average Bonchev–Trinajstić information content (AvgIpc) is 2.97. The van der Waals surface area contributed by atoms with Gasteiger partial charge in [0, 0.05) is 7.05 Å². The van der Waals surface area contributed by atoms with E-state index in [1.54, 1.807) is 61.5 Å². The molecule has 0 fully saturated rings. The van der Waals surface area contributed by atoms with Gasteiger partial charge in [-0.1, -0.05) is 35.9 Å². The topological polar surface area (TPSA) is 102 Å². The Balaban J connectivity index is 1.86. The van der Waals surface area contributed by atoms with Crippen molar-refractivity contribution in [2.75, 3.05) is 7.11 Å². The van der Waals surface area contributed by atoms with Crippen molar-refractivity contribution in [2.24, 2.45) is 7.05 Å². The van der Waals surface area contributed by atoms with Crippen molar-refractivity contribution >= 4 is 22.1 Å². The van der Waals surface area contributed by atoms with E-state index in [1.165, 1.54) is 33.2 Å². The predicted molar refractivity (Wildman–Crippen MR) is 159 cm³/mol. The van der Waals surface area contributed by atoms with Gasteiger partial charge in [0.05, 0.1) is 29.8 Å². The quantitative estimate of drug-likeness (QED) is 0.284. The number of aryl methyl sites for hydroxylation is 3. The third-order valence-electron chi connectivity index (χ3n) is 7.04. The molecule has 5 rings (SSSR count). The summed E-state index contributed by atoms with van der Waals surface area (Å²) in [5.41, 5.74) is -0.454. The minimum absolute atomic E-state index is 0.00753. The fourth-order valence-electron chi connectivity index (χ4n) is 4.73. The van der Waals surface area contributed by atoms with E-state index in [0.29, 0.717) is 21.8 Å². The van der Waals surface area contributed by atoms with Crippen LogP contribution in [0.25, 0.3) is 16.7 Å². The lowest BCUT2D eigenvalue weighted by atomic mass is 10.1. The summed E-state index contributed by atoms with van der Waals surface area (Å²) in [5, 5.41) is -0.192. The van der Waals surface area contributed by atoms with Crippen LogP contribution in [-0.4, -0.2) is 25.0 Å². The van der Waals surface area contributed by atoms with Gasteiger partial charge < -0.3 is 8.92 Å². The molecule has 0 aliphatic carbocycles. The Kier molecular flexibility index (Phi) is 7.70. The van der Waals surface area contributed by atoms with Gasteiger partial charge in [-0.15, -0.1) is 0 Å². The third-order valence-corrected chi connectivity index (χ3v) is 8.02. The van der Waals surface area contributed by atoms with Gasteiger partial charge in [-0.05, 0) is 68.3 Å². The van der Waals surface area contributed by atoms with Crippen LogP contribution in [0.5, 0.6) is 11.5 Å². The van der Waals surface area contributed by atoms with Gasteiger partial charge in [-0.3, -0.25) is 18.7 Å². The molecule has 0 saturated carbocycles. The third kappa shape index (κ3) is 5.07. The number of halogens is 1. The highest BCUT2D eigenvalue weighted by Crippen LogP contribution is 2.28. The Bertz CT molecular complexity index is 2040. The number of benzene rings is 3. The van der Waals surface area contributed by atoms with E-state index in [1.807, 2.05) is 6.92 Å². The predicted octanol–water partition coefficient (Wildman–Crippen LogP) is 4.07. The van der Waals surface area contributed by atoms with Gasteiger partial charge in [0.2, 0.25) is 11.1 Å². The van der Waals surface area contributed by atoms with Crippen LogP contribution in [0.1, 0.15) is 22.3 Å². The molecule has 1 unspecified atom stereocenters. The lowest BCUT2D eigenvalue weighted by Gasteiger charge is -2.20. The van der Waals surface area contributed by atoms with Crippen molar-refractivity contribution in [1.29, 1.82) is 0 Å². The molecule has 0 amide bonds. The van der Waals surface area contributed by atoms with Crippen LogP contribution in [0.4, 0.5) is 4.39 Å². The minimum atomic E-state index is -2.12. The molecule has 0 N–H and O–H groups in total. The zero-order valence-corrected chi connectivity index (χ0v) is 24.5. The molecule has 5 aromatic rings. The Morgan fingerprint density at radius 3 is 2.12 bits per heavy atom. The SMILES string of the molecule is COc1ccc(Cn2c(=O)c3c(OS(=O)c4ccc(C)cc4)c(C)c(=O)n(C)c3n(-c3ccc(C)cc3F)c2=O)cc1. The average molecular weight is 590 g/mol. The number of nitrogens with zero attached hydrogens (tertiary/aromatic N) is 3. The Morgan fingerprint density at radius 1 is 0.857 bits per heavy atom. The number of aromatic nitrogens is 3.